The van der Waals surface area contributed by atoms with Gasteiger partial charge in [0.15, 0.2) is 0 Å². The SMILES string of the molecule is Cc1ccnc(N)c1C(N)CCc1ccccc1. The summed E-state index contributed by atoms with van der Waals surface area (Å²) in [6, 6.07) is 12.2. The molecule has 0 aliphatic rings. The second kappa shape index (κ2) is 5.65. The molecule has 2 aromatic rings. The van der Waals surface area contributed by atoms with Gasteiger partial charge in [0.05, 0.1) is 0 Å². The Morgan fingerprint density at radius 3 is 2.56 bits per heavy atom. The summed E-state index contributed by atoms with van der Waals surface area (Å²) in [7, 11) is 0. The van der Waals surface area contributed by atoms with Gasteiger partial charge in [0.25, 0.3) is 0 Å². The zero-order valence-electron chi connectivity index (χ0n) is 10.6. The summed E-state index contributed by atoms with van der Waals surface area (Å²) < 4.78 is 0. The lowest BCUT2D eigenvalue weighted by atomic mass is 9.97. The maximum absolute atomic E-state index is 6.22. The van der Waals surface area contributed by atoms with Gasteiger partial charge in [-0.25, -0.2) is 4.98 Å². The fraction of sp³-hybridized carbons (Fsp3) is 0.267. The number of aryl methyl sites for hydroxylation is 2. The second-order valence-electron chi connectivity index (χ2n) is 4.56. The van der Waals surface area contributed by atoms with E-state index >= 15 is 0 Å². The van der Waals surface area contributed by atoms with Crippen molar-refractivity contribution in [1.82, 2.24) is 4.98 Å². The first-order valence-corrected chi connectivity index (χ1v) is 6.19. The Bertz CT molecular complexity index is 488. The van der Waals surface area contributed by atoms with Crippen LogP contribution in [0.3, 0.4) is 0 Å². The Morgan fingerprint density at radius 2 is 1.89 bits per heavy atom. The zero-order chi connectivity index (χ0) is 13.0. The van der Waals surface area contributed by atoms with Crippen LogP contribution >= 0.6 is 0 Å². The molecule has 0 bridgehead atoms. The van der Waals surface area contributed by atoms with Crippen molar-refractivity contribution in [2.24, 2.45) is 5.73 Å². The van der Waals surface area contributed by atoms with Gasteiger partial charge in [-0.3, -0.25) is 0 Å². The van der Waals surface area contributed by atoms with E-state index in [0.717, 1.165) is 24.0 Å². The van der Waals surface area contributed by atoms with Crippen LogP contribution in [0.25, 0.3) is 0 Å². The fourth-order valence-corrected chi connectivity index (χ4v) is 2.18. The average molecular weight is 241 g/mol. The van der Waals surface area contributed by atoms with Gasteiger partial charge < -0.3 is 11.5 Å². The molecule has 1 aromatic heterocycles. The monoisotopic (exact) mass is 241 g/mol. The summed E-state index contributed by atoms with van der Waals surface area (Å²) in [6.07, 6.45) is 3.55. The molecule has 0 aliphatic heterocycles. The van der Waals surface area contributed by atoms with E-state index in [1.54, 1.807) is 6.20 Å². The van der Waals surface area contributed by atoms with Crippen molar-refractivity contribution in [2.75, 3.05) is 5.73 Å². The van der Waals surface area contributed by atoms with E-state index < -0.39 is 0 Å². The van der Waals surface area contributed by atoms with Gasteiger partial charge in [0.2, 0.25) is 0 Å². The highest BCUT2D eigenvalue weighted by Gasteiger charge is 2.13. The molecule has 3 nitrogen and oxygen atoms in total. The molecule has 18 heavy (non-hydrogen) atoms. The Labute approximate surface area is 108 Å². The van der Waals surface area contributed by atoms with Gasteiger partial charge in [0, 0.05) is 17.8 Å². The van der Waals surface area contributed by atoms with Crippen LogP contribution in [0.15, 0.2) is 42.6 Å². The summed E-state index contributed by atoms with van der Waals surface area (Å²) in [5.74, 6) is 0.551. The van der Waals surface area contributed by atoms with Crippen molar-refractivity contribution in [3.63, 3.8) is 0 Å². The molecule has 0 radical (unpaired) electrons. The molecule has 1 heterocycles. The Balaban J connectivity index is 2.06. The third kappa shape index (κ3) is 2.87. The number of nitrogens with two attached hydrogens (primary N) is 2. The van der Waals surface area contributed by atoms with Crippen LogP contribution in [0.4, 0.5) is 5.82 Å². The molecule has 94 valence electrons. The van der Waals surface area contributed by atoms with Gasteiger partial charge in [0.1, 0.15) is 5.82 Å². The lowest BCUT2D eigenvalue weighted by Gasteiger charge is -2.16. The minimum atomic E-state index is -0.0566. The van der Waals surface area contributed by atoms with E-state index in [2.05, 4.69) is 17.1 Å². The summed E-state index contributed by atoms with van der Waals surface area (Å²) >= 11 is 0. The Hall–Kier alpha value is -1.87. The molecular formula is C15H19N3. The van der Waals surface area contributed by atoms with Crippen LogP contribution in [0.1, 0.15) is 29.2 Å². The number of pyridine rings is 1. The summed E-state index contributed by atoms with van der Waals surface area (Å²) in [6.45, 7) is 2.02. The molecule has 1 aromatic carbocycles. The number of aromatic nitrogens is 1. The van der Waals surface area contributed by atoms with Crippen LogP contribution in [-0.4, -0.2) is 4.98 Å². The molecule has 0 saturated carbocycles. The number of rotatable bonds is 4. The third-order valence-corrected chi connectivity index (χ3v) is 3.20. The van der Waals surface area contributed by atoms with E-state index in [9.17, 15) is 0 Å². The molecule has 1 atom stereocenters. The van der Waals surface area contributed by atoms with Crippen LogP contribution < -0.4 is 11.5 Å². The number of anilines is 1. The largest absolute Gasteiger partial charge is 0.383 e. The molecule has 0 spiro atoms. The van der Waals surface area contributed by atoms with Crippen LogP contribution in [0.5, 0.6) is 0 Å². The van der Waals surface area contributed by atoms with Crippen molar-refractivity contribution in [3.8, 4) is 0 Å². The maximum atomic E-state index is 6.22. The highest BCUT2D eigenvalue weighted by molar-refractivity contribution is 5.45. The lowest BCUT2D eigenvalue weighted by molar-refractivity contribution is 0.647. The second-order valence-corrected chi connectivity index (χ2v) is 4.56. The first-order valence-electron chi connectivity index (χ1n) is 6.19. The Morgan fingerprint density at radius 1 is 1.17 bits per heavy atom. The molecular weight excluding hydrogens is 222 g/mol. The summed E-state index contributed by atoms with van der Waals surface area (Å²) in [5.41, 5.74) is 15.5. The predicted molar refractivity (Wildman–Crippen MR) is 75.1 cm³/mol. The standard InChI is InChI=1S/C15H19N3/c1-11-9-10-18-15(17)14(11)13(16)8-7-12-5-3-2-4-6-12/h2-6,9-10,13H,7-8,16H2,1H3,(H2,17,18). The zero-order valence-corrected chi connectivity index (χ0v) is 10.6. The van der Waals surface area contributed by atoms with E-state index in [0.29, 0.717) is 5.82 Å². The third-order valence-electron chi connectivity index (χ3n) is 3.20. The number of hydrogen-bond acceptors (Lipinski definition) is 3. The van der Waals surface area contributed by atoms with Gasteiger partial charge in [-0.1, -0.05) is 30.3 Å². The van der Waals surface area contributed by atoms with E-state index in [1.807, 2.05) is 31.2 Å². The molecule has 0 aliphatic carbocycles. The minimum Gasteiger partial charge on any atom is -0.383 e. The number of hydrogen-bond donors (Lipinski definition) is 2. The fourth-order valence-electron chi connectivity index (χ4n) is 2.18. The first-order chi connectivity index (χ1) is 8.68. The number of nitrogen functional groups attached to an aromatic ring is 1. The highest BCUT2D eigenvalue weighted by Crippen LogP contribution is 2.24. The Kier molecular flexibility index (Phi) is 3.95. The van der Waals surface area contributed by atoms with Gasteiger partial charge in [-0.2, -0.15) is 0 Å². The maximum Gasteiger partial charge on any atom is 0.128 e. The van der Waals surface area contributed by atoms with E-state index in [4.69, 9.17) is 11.5 Å². The molecule has 0 saturated heterocycles. The highest BCUT2D eigenvalue weighted by atomic mass is 14.8. The average Bonchev–Trinajstić information content (AvgIpc) is 2.37. The van der Waals surface area contributed by atoms with E-state index in [1.165, 1.54) is 5.56 Å². The topological polar surface area (TPSA) is 64.9 Å². The van der Waals surface area contributed by atoms with Crippen molar-refractivity contribution >= 4 is 5.82 Å². The number of nitrogens with zero attached hydrogens (tertiary/aromatic N) is 1. The van der Waals surface area contributed by atoms with Crippen LogP contribution in [0.2, 0.25) is 0 Å². The molecule has 2 rings (SSSR count). The normalized spacial score (nSPS) is 12.3. The van der Waals surface area contributed by atoms with Crippen molar-refractivity contribution in [2.45, 2.75) is 25.8 Å². The van der Waals surface area contributed by atoms with E-state index in [-0.39, 0.29) is 6.04 Å². The number of benzene rings is 1. The van der Waals surface area contributed by atoms with Gasteiger partial charge in [-0.05, 0) is 37.0 Å². The predicted octanol–water partition coefficient (Wildman–Crippen LogP) is 2.60. The smallest absolute Gasteiger partial charge is 0.128 e. The van der Waals surface area contributed by atoms with Gasteiger partial charge >= 0.3 is 0 Å². The lowest BCUT2D eigenvalue weighted by Crippen LogP contribution is -2.15. The quantitative estimate of drug-likeness (QED) is 0.864. The molecule has 0 amide bonds. The molecule has 1 unspecified atom stereocenters. The van der Waals surface area contributed by atoms with Gasteiger partial charge in [-0.15, -0.1) is 0 Å². The van der Waals surface area contributed by atoms with Crippen molar-refractivity contribution < 1.29 is 0 Å². The van der Waals surface area contributed by atoms with Crippen LogP contribution in [0, 0.1) is 6.92 Å². The molecule has 0 fully saturated rings. The van der Waals surface area contributed by atoms with Crippen molar-refractivity contribution in [3.05, 3.63) is 59.3 Å². The molecule has 4 N–H and O–H groups in total. The molecule has 3 heteroatoms. The minimum absolute atomic E-state index is 0.0566. The summed E-state index contributed by atoms with van der Waals surface area (Å²) in [5, 5.41) is 0. The summed E-state index contributed by atoms with van der Waals surface area (Å²) in [4.78, 5) is 4.11. The van der Waals surface area contributed by atoms with Crippen LogP contribution in [-0.2, 0) is 6.42 Å². The first kappa shape index (κ1) is 12.6. The van der Waals surface area contributed by atoms with Crippen molar-refractivity contribution in [1.29, 1.82) is 0 Å².